The minimum absolute atomic E-state index is 0.855. The van der Waals surface area contributed by atoms with Crippen molar-refractivity contribution in [2.24, 2.45) is 0 Å². The summed E-state index contributed by atoms with van der Waals surface area (Å²) in [4.78, 5) is 0. The van der Waals surface area contributed by atoms with Crippen molar-refractivity contribution < 1.29 is 4.74 Å². The Hall–Kier alpha value is -5.28. The highest BCUT2D eigenvalue weighted by Gasteiger charge is 2.13. The Labute approximate surface area is 233 Å². The van der Waals surface area contributed by atoms with Crippen molar-refractivity contribution in [2.45, 2.75) is 0 Å². The van der Waals surface area contributed by atoms with E-state index in [0.29, 0.717) is 0 Å². The zero-order chi connectivity index (χ0) is 26.9. The van der Waals surface area contributed by atoms with E-state index in [4.69, 9.17) is 4.74 Å². The van der Waals surface area contributed by atoms with Gasteiger partial charge < -0.3 is 14.6 Å². The molecule has 192 valence electrons. The van der Waals surface area contributed by atoms with Gasteiger partial charge in [-0.25, -0.2) is 0 Å². The predicted octanol–water partition coefficient (Wildman–Crippen LogP) is 9.87. The number of benzene rings is 6. The summed E-state index contributed by atoms with van der Waals surface area (Å²) in [6.45, 7) is 0. The molecule has 0 saturated carbocycles. The zero-order valence-corrected chi connectivity index (χ0v) is 22.2. The second-order valence-electron chi connectivity index (χ2n) is 9.93. The lowest BCUT2D eigenvalue weighted by Crippen LogP contribution is -1.94. The molecular weight excluding hydrogens is 488 g/mol. The van der Waals surface area contributed by atoms with Crippen LogP contribution in [0, 0.1) is 0 Å². The Balaban J connectivity index is 1.18. The second-order valence-corrected chi connectivity index (χ2v) is 9.93. The average Bonchev–Trinajstić information content (AvgIpc) is 3.36. The molecule has 0 saturated heterocycles. The summed E-state index contributed by atoms with van der Waals surface area (Å²) >= 11 is 0. The minimum atomic E-state index is 0.855. The van der Waals surface area contributed by atoms with Crippen molar-refractivity contribution in [3.05, 3.63) is 146 Å². The lowest BCUT2D eigenvalue weighted by molar-refractivity contribution is 0.415. The van der Waals surface area contributed by atoms with E-state index >= 15 is 0 Å². The molecule has 0 unspecified atom stereocenters. The van der Waals surface area contributed by atoms with Crippen molar-refractivity contribution in [1.29, 1.82) is 0 Å². The number of hydrogen-bond acceptors (Lipinski definition) is 2. The molecule has 0 aliphatic rings. The van der Waals surface area contributed by atoms with Crippen LogP contribution in [0.2, 0.25) is 0 Å². The van der Waals surface area contributed by atoms with Gasteiger partial charge in [-0.2, -0.15) is 0 Å². The monoisotopic (exact) mass is 516 g/mol. The standard InChI is InChI=1S/C37H28N2O/c1-40-33-22-20-32(21-23-33)39-36-10-6-5-9-34(36)35-25-29(15-24-37(35)39)28-13-18-31(19-14-28)38-30-16-11-27(12-17-30)26-7-3-2-4-8-26/h2-25,38H,1H3. The van der Waals surface area contributed by atoms with E-state index in [1.807, 2.05) is 18.2 Å². The number of fused-ring (bicyclic) bond motifs is 3. The van der Waals surface area contributed by atoms with Crippen molar-refractivity contribution >= 4 is 33.2 Å². The lowest BCUT2D eigenvalue weighted by Gasteiger charge is -2.10. The summed E-state index contributed by atoms with van der Waals surface area (Å²) in [5.74, 6) is 0.855. The van der Waals surface area contributed by atoms with Gasteiger partial charge in [-0.1, -0.05) is 78.9 Å². The summed E-state index contributed by atoms with van der Waals surface area (Å²) in [7, 11) is 1.70. The Morgan fingerprint density at radius 2 is 1.02 bits per heavy atom. The van der Waals surface area contributed by atoms with Gasteiger partial charge in [-0.3, -0.25) is 0 Å². The van der Waals surface area contributed by atoms with E-state index in [0.717, 1.165) is 22.8 Å². The molecule has 1 aromatic heterocycles. The summed E-state index contributed by atoms with van der Waals surface area (Å²) in [5, 5.41) is 6.02. The van der Waals surface area contributed by atoms with Gasteiger partial charge in [0.1, 0.15) is 5.75 Å². The Bertz CT molecular complexity index is 1920. The molecular formula is C37H28N2O. The number of rotatable bonds is 6. The first-order valence-electron chi connectivity index (χ1n) is 13.5. The highest BCUT2D eigenvalue weighted by atomic mass is 16.5. The van der Waals surface area contributed by atoms with Gasteiger partial charge in [0.25, 0.3) is 0 Å². The van der Waals surface area contributed by atoms with Crippen LogP contribution in [0.1, 0.15) is 0 Å². The highest BCUT2D eigenvalue weighted by Crippen LogP contribution is 2.35. The highest BCUT2D eigenvalue weighted by molar-refractivity contribution is 6.10. The van der Waals surface area contributed by atoms with Crippen molar-refractivity contribution in [1.82, 2.24) is 4.57 Å². The average molecular weight is 517 g/mol. The SMILES string of the molecule is COc1ccc(-n2c3ccccc3c3cc(-c4ccc(Nc5ccc(-c6ccccc6)cc5)cc4)ccc32)cc1. The van der Waals surface area contributed by atoms with Crippen LogP contribution in [-0.4, -0.2) is 11.7 Å². The Kier molecular flexibility index (Phi) is 6.02. The summed E-state index contributed by atoms with van der Waals surface area (Å²) in [6, 6.07) is 51.3. The zero-order valence-electron chi connectivity index (χ0n) is 22.2. The molecule has 0 aliphatic heterocycles. The van der Waals surface area contributed by atoms with Crippen LogP contribution in [-0.2, 0) is 0 Å². The molecule has 0 bridgehead atoms. The van der Waals surface area contributed by atoms with E-state index < -0.39 is 0 Å². The smallest absolute Gasteiger partial charge is 0.119 e. The number of nitrogens with one attached hydrogen (secondary N) is 1. The van der Waals surface area contributed by atoms with E-state index in [9.17, 15) is 0 Å². The summed E-state index contributed by atoms with van der Waals surface area (Å²) in [6.07, 6.45) is 0. The van der Waals surface area contributed by atoms with E-state index in [1.54, 1.807) is 7.11 Å². The molecule has 0 atom stereocenters. The quantitative estimate of drug-likeness (QED) is 0.238. The van der Waals surface area contributed by atoms with E-state index in [1.165, 1.54) is 44.1 Å². The molecule has 7 rings (SSSR count). The van der Waals surface area contributed by atoms with Crippen LogP contribution in [0.15, 0.2) is 146 Å². The molecule has 6 aromatic carbocycles. The van der Waals surface area contributed by atoms with Crippen LogP contribution in [0.25, 0.3) is 49.7 Å². The molecule has 0 spiro atoms. The van der Waals surface area contributed by atoms with Gasteiger partial charge in [-0.05, 0) is 89.0 Å². The predicted molar refractivity (Wildman–Crippen MR) is 168 cm³/mol. The third-order valence-corrected chi connectivity index (χ3v) is 7.50. The maximum Gasteiger partial charge on any atom is 0.119 e. The molecule has 3 nitrogen and oxygen atoms in total. The first-order valence-corrected chi connectivity index (χ1v) is 13.5. The second kappa shape index (κ2) is 10.1. The lowest BCUT2D eigenvalue weighted by atomic mass is 10.0. The fourth-order valence-corrected chi connectivity index (χ4v) is 5.45. The van der Waals surface area contributed by atoms with Crippen molar-refractivity contribution in [3.8, 4) is 33.7 Å². The normalized spacial score (nSPS) is 11.1. The van der Waals surface area contributed by atoms with Gasteiger partial charge in [0.05, 0.1) is 18.1 Å². The van der Waals surface area contributed by atoms with Gasteiger partial charge in [0.15, 0.2) is 0 Å². The minimum Gasteiger partial charge on any atom is -0.497 e. The molecule has 1 heterocycles. The maximum atomic E-state index is 5.38. The number of methoxy groups -OCH3 is 1. The molecule has 0 fully saturated rings. The number of nitrogens with zero attached hydrogens (tertiary/aromatic N) is 1. The van der Waals surface area contributed by atoms with Gasteiger partial charge in [-0.15, -0.1) is 0 Å². The van der Waals surface area contributed by atoms with Crippen LogP contribution in [0.4, 0.5) is 11.4 Å². The van der Waals surface area contributed by atoms with Gasteiger partial charge in [0.2, 0.25) is 0 Å². The van der Waals surface area contributed by atoms with Crippen molar-refractivity contribution in [3.63, 3.8) is 0 Å². The first-order chi connectivity index (χ1) is 19.8. The summed E-state index contributed by atoms with van der Waals surface area (Å²) in [5.41, 5.74) is 10.5. The van der Waals surface area contributed by atoms with Crippen LogP contribution in [0.5, 0.6) is 5.75 Å². The van der Waals surface area contributed by atoms with Crippen LogP contribution >= 0.6 is 0 Å². The molecule has 3 heteroatoms. The number of aromatic nitrogens is 1. The van der Waals surface area contributed by atoms with Gasteiger partial charge in [0, 0.05) is 27.8 Å². The van der Waals surface area contributed by atoms with Gasteiger partial charge >= 0.3 is 0 Å². The molecule has 0 aliphatic carbocycles. The summed E-state index contributed by atoms with van der Waals surface area (Å²) < 4.78 is 7.70. The maximum absolute atomic E-state index is 5.38. The molecule has 0 radical (unpaired) electrons. The Morgan fingerprint density at radius 3 is 1.70 bits per heavy atom. The topological polar surface area (TPSA) is 26.2 Å². The van der Waals surface area contributed by atoms with Crippen molar-refractivity contribution in [2.75, 3.05) is 12.4 Å². The third-order valence-electron chi connectivity index (χ3n) is 7.50. The number of anilines is 2. The largest absolute Gasteiger partial charge is 0.497 e. The third kappa shape index (κ3) is 4.38. The van der Waals surface area contributed by atoms with Crippen LogP contribution < -0.4 is 10.1 Å². The number of para-hydroxylation sites is 1. The fourth-order valence-electron chi connectivity index (χ4n) is 5.45. The number of hydrogen-bond donors (Lipinski definition) is 1. The van der Waals surface area contributed by atoms with E-state index in [-0.39, 0.29) is 0 Å². The molecule has 0 amide bonds. The fraction of sp³-hybridized carbons (Fsp3) is 0.0270. The van der Waals surface area contributed by atoms with Crippen LogP contribution in [0.3, 0.4) is 0 Å². The molecule has 7 aromatic rings. The Morgan fingerprint density at radius 1 is 0.475 bits per heavy atom. The molecule has 40 heavy (non-hydrogen) atoms. The van der Waals surface area contributed by atoms with E-state index in [2.05, 4.69) is 137 Å². The number of ether oxygens (including phenoxy) is 1. The molecule has 1 N–H and O–H groups in total. The first kappa shape index (κ1) is 23.8.